The minimum Gasteiger partial charge on any atom is -0.395 e. The molecule has 28 heavy (non-hydrogen) atoms. The largest absolute Gasteiger partial charge is 0.395 e. The molecule has 1 aromatic carbocycles. The van der Waals surface area contributed by atoms with Crippen LogP contribution in [0.15, 0.2) is 65.3 Å². The third-order valence-electron chi connectivity index (χ3n) is 5.27. The Labute approximate surface area is 169 Å². The fourth-order valence-corrected chi connectivity index (χ4v) is 3.61. The molecule has 0 atom stereocenters. The quantitative estimate of drug-likeness (QED) is 0.619. The summed E-state index contributed by atoms with van der Waals surface area (Å²) in [6.45, 7) is 9.26. The van der Waals surface area contributed by atoms with Crippen molar-refractivity contribution >= 4 is 12.0 Å². The highest BCUT2D eigenvalue weighted by atomic mass is 16.3. The van der Waals surface area contributed by atoms with E-state index in [9.17, 15) is 4.79 Å². The summed E-state index contributed by atoms with van der Waals surface area (Å²) in [4.78, 5) is 11.8. The Morgan fingerprint density at radius 1 is 1.21 bits per heavy atom. The molecule has 1 amide bonds. The van der Waals surface area contributed by atoms with E-state index in [0.29, 0.717) is 5.56 Å². The molecule has 0 heterocycles. The zero-order valence-electron chi connectivity index (χ0n) is 17.6. The van der Waals surface area contributed by atoms with E-state index in [-0.39, 0.29) is 24.5 Å². The van der Waals surface area contributed by atoms with Crippen LogP contribution >= 0.6 is 0 Å². The van der Waals surface area contributed by atoms with Crippen LogP contribution in [0.3, 0.4) is 0 Å². The average molecular weight is 380 g/mol. The first kappa shape index (κ1) is 21.9. The van der Waals surface area contributed by atoms with Gasteiger partial charge in [-0.15, -0.1) is 0 Å². The van der Waals surface area contributed by atoms with E-state index in [1.165, 1.54) is 36.0 Å². The number of hydrogen-bond donors (Lipinski definition) is 2. The fourth-order valence-electron chi connectivity index (χ4n) is 3.61. The van der Waals surface area contributed by atoms with E-state index in [1.54, 1.807) is 12.1 Å². The highest BCUT2D eigenvalue weighted by Crippen LogP contribution is 2.40. The van der Waals surface area contributed by atoms with Crippen LogP contribution in [0.1, 0.15) is 62.9 Å². The van der Waals surface area contributed by atoms with Crippen molar-refractivity contribution in [2.75, 3.05) is 13.2 Å². The smallest absolute Gasteiger partial charge is 0.251 e. The van der Waals surface area contributed by atoms with Gasteiger partial charge in [0.1, 0.15) is 0 Å². The molecule has 2 N–H and O–H groups in total. The Morgan fingerprint density at radius 3 is 2.57 bits per heavy atom. The van der Waals surface area contributed by atoms with Crippen molar-refractivity contribution in [3.63, 3.8) is 0 Å². The van der Waals surface area contributed by atoms with Gasteiger partial charge >= 0.3 is 0 Å². The van der Waals surface area contributed by atoms with Crippen molar-refractivity contribution in [1.29, 1.82) is 0 Å². The predicted octanol–water partition coefficient (Wildman–Crippen LogP) is 5.45. The van der Waals surface area contributed by atoms with Gasteiger partial charge in [0.25, 0.3) is 5.91 Å². The van der Waals surface area contributed by atoms with Crippen LogP contribution in [0.5, 0.6) is 0 Å². The van der Waals surface area contributed by atoms with Crippen molar-refractivity contribution in [2.24, 2.45) is 5.41 Å². The van der Waals surface area contributed by atoms with Crippen molar-refractivity contribution in [1.82, 2.24) is 5.32 Å². The first-order valence-electron chi connectivity index (χ1n) is 10.1. The zero-order chi connectivity index (χ0) is 20.6. The maximum absolute atomic E-state index is 11.8. The number of aliphatic hydroxyl groups is 1. The normalized spacial score (nSPS) is 17.5. The van der Waals surface area contributed by atoms with Gasteiger partial charge in [-0.1, -0.05) is 67.5 Å². The summed E-state index contributed by atoms with van der Waals surface area (Å²) in [6, 6.07) is 7.43. The highest BCUT2D eigenvalue weighted by Gasteiger charge is 2.26. The van der Waals surface area contributed by atoms with Gasteiger partial charge in [0.2, 0.25) is 0 Å². The molecule has 0 saturated heterocycles. The number of carbonyl (C=O) groups is 1. The molecular formula is C25H33NO2. The summed E-state index contributed by atoms with van der Waals surface area (Å²) < 4.78 is 0. The van der Waals surface area contributed by atoms with Crippen LogP contribution in [0, 0.1) is 5.41 Å². The van der Waals surface area contributed by atoms with Gasteiger partial charge in [-0.2, -0.15) is 0 Å². The number of benzene rings is 1. The predicted molar refractivity (Wildman–Crippen MR) is 118 cm³/mol. The number of amides is 1. The molecule has 150 valence electrons. The highest BCUT2D eigenvalue weighted by molar-refractivity contribution is 5.94. The van der Waals surface area contributed by atoms with Gasteiger partial charge in [-0.3, -0.25) is 4.79 Å². The van der Waals surface area contributed by atoms with Crippen LogP contribution in [0.25, 0.3) is 6.08 Å². The van der Waals surface area contributed by atoms with Crippen molar-refractivity contribution in [2.45, 2.75) is 47.0 Å². The van der Waals surface area contributed by atoms with Crippen molar-refractivity contribution in [3.8, 4) is 0 Å². The number of carbonyl (C=O) groups excluding carboxylic acids is 1. The lowest BCUT2D eigenvalue weighted by atomic mass is 9.72. The summed E-state index contributed by atoms with van der Waals surface area (Å²) in [5, 5.41) is 11.4. The number of hydrogen-bond acceptors (Lipinski definition) is 2. The molecule has 0 spiro atoms. The maximum atomic E-state index is 11.8. The molecule has 0 aliphatic heterocycles. The SMILES string of the molecule is CC1=C(/C=C/C(C)=C/C=C/c2ccc(C(=O)NCCO)cc2)C(C)(C)CCC1. The Morgan fingerprint density at radius 2 is 1.93 bits per heavy atom. The molecule has 3 heteroatoms. The Balaban J connectivity index is 1.99. The van der Waals surface area contributed by atoms with E-state index in [0.717, 1.165) is 5.56 Å². The lowest BCUT2D eigenvalue weighted by molar-refractivity contribution is 0.0945. The summed E-state index contributed by atoms with van der Waals surface area (Å²) in [5.74, 6) is -0.166. The van der Waals surface area contributed by atoms with E-state index in [4.69, 9.17) is 5.11 Å². The molecule has 3 nitrogen and oxygen atoms in total. The molecule has 0 radical (unpaired) electrons. The van der Waals surface area contributed by atoms with E-state index in [2.05, 4.69) is 51.2 Å². The molecule has 0 fully saturated rings. The second kappa shape index (κ2) is 10.2. The maximum Gasteiger partial charge on any atom is 0.251 e. The van der Waals surface area contributed by atoms with E-state index in [1.807, 2.05) is 24.3 Å². The van der Waals surface area contributed by atoms with Gasteiger partial charge in [0, 0.05) is 12.1 Å². The Bertz CT molecular complexity index is 792. The van der Waals surface area contributed by atoms with Crippen LogP contribution in [-0.2, 0) is 0 Å². The van der Waals surface area contributed by atoms with Gasteiger partial charge < -0.3 is 10.4 Å². The topological polar surface area (TPSA) is 49.3 Å². The van der Waals surface area contributed by atoms with Gasteiger partial charge in [-0.25, -0.2) is 0 Å². The molecule has 2 rings (SSSR count). The number of nitrogens with one attached hydrogen (secondary N) is 1. The van der Waals surface area contributed by atoms with Crippen molar-refractivity contribution in [3.05, 3.63) is 76.4 Å². The molecule has 0 bridgehead atoms. The summed E-state index contributed by atoms with van der Waals surface area (Å²) in [6.07, 6.45) is 14.4. The molecule has 1 aromatic rings. The third-order valence-corrected chi connectivity index (χ3v) is 5.27. The Hall–Kier alpha value is -2.39. The zero-order valence-corrected chi connectivity index (χ0v) is 17.6. The van der Waals surface area contributed by atoms with E-state index < -0.39 is 0 Å². The minimum atomic E-state index is -0.166. The van der Waals surface area contributed by atoms with Crippen LogP contribution in [0.2, 0.25) is 0 Å². The van der Waals surface area contributed by atoms with Crippen molar-refractivity contribution < 1.29 is 9.90 Å². The van der Waals surface area contributed by atoms with Gasteiger partial charge in [-0.05, 0) is 61.8 Å². The second-order valence-electron chi connectivity index (χ2n) is 8.14. The number of allylic oxidation sites excluding steroid dienone is 7. The molecule has 1 aliphatic carbocycles. The summed E-state index contributed by atoms with van der Waals surface area (Å²) in [7, 11) is 0. The number of aliphatic hydroxyl groups excluding tert-OH is 1. The Kier molecular flexibility index (Phi) is 8.01. The molecule has 0 aromatic heterocycles. The summed E-state index contributed by atoms with van der Waals surface area (Å²) >= 11 is 0. The van der Waals surface area contributed by atoms with Crippen LogP contribution < -0.4 is 5.32 Å². The monoisotopic (exact) mass is 379 g/mol. The van der Waals surface area contributed by atoms with Gasteiger partial charge in [0.15, 0.2) is 0 Å². The fraction of sp³-hybridized carbons (Fsp3) is 0.400. The molecule has 1 aliphatic rings. The molecular weight excluding hydrogens is 346 g/mol. The third kappa shape index (κ3) is 6.35. The second-order valence-corrected chi connectivity index (χ2v) is 8.14. The lowest BCUT2D eigenvalue weighted by Crippen LogP contribution is -2.26. The minimum absolute atomic E-state index is 0.0545. The number of rotatable bonds is 7. The van der Waals surface area contributed by atoms with Crippen LogP contribution in [-0.4, -0.2) is 24.2 Å². The standard InChI is InChI=1S/C25H33NO2/c1-19(10-15-23-20(2)8-6-16-25(23,3)4)7-5-9-21-11-13-22(14-12-21)24(28)26-17-18-27/h5,7,9-15,27H,6,8,16-18H2,1-4H3,(H,26,28)/b9-5+,15-10+,19-7+. The first-order valence-corrected chi connectivity index (χ1v) is 10.1. The molecule has 0 saturated carbocycles. The molecule has 0 unspecified atom stereocenters. The first-order chi connectivity index (χ1) is 13.3. The summed E-state index contributed by atoms with van der Waals surface area (Å²) in [5.41, 5.74) is 6.10. The van der Waals surface area contributed by atoms with Crippen LogP contribution in [0.4, 0.5) is 0 Å². The lowest BCUT2D eigenvalue weighted by Gasteiger charge is -2.32. The average Bonchev–Trinajstić information content (AvgIpc) is 2.65. The van der Waals surface area contributed by atoms with Gasteiger partial charge in [0.05, 0.1) is 6.61 Å². The van der Waals surface area contributed by atoms with E-state index >= 15 is 0 Å².